The number of carbonyl (C=O) groups is 3. The van der Waals surface area contributed by atoms with Gasteiger partial charge >= 0.3 is 17.9 Å². The van der Waals surface area contributed by atoms with Gasteiger partial charge in [0.1, 0.15) is 13.2 Å². The number of hydrogen-bond donors (Lipinski definition) is 0. The average Bonchev–Trinajstić information content (AvgIpc) is 3.24. The molecule has 0 saturated carbocycles. The third kappa shape index (κ3) is 47.7. The van der Waals surface area contributed by atoms with Crippen LogP contribution in [0.3, 0.4) is 0 Å². The summed E-state index contributed by atoms with van der Waals surface area (Å²) in [4.78, 5) is 38.0. The van der Waals surface area contributed by atoms with E-state index in [1.165, 1.54) is 193 Å². The van der Waals surface area contributed by atoms with Crippen LogP contribution in [0.15, 0.2) is 0 Å². The highest BCUT2D eigenvalue weighted by molar-refractivity contribution is 5.71. The molecule has 0 heterocycles. The first-order valence-corrected chi connectivity index (χ1v) is 27.3. The van der Waals surface area contributed by atoms with E-state index in [0.717, 1.165) is 69.6 Å². The SMILES string of the molecule is CCCCCCCCCCCCC(=O)OC[C@H](COC(=O)CCCCCCCCCCCCC(C)CC)OC(=O)CCCCCCCCCCCCCCCCCCC(C)C. The molecule has 0 aliphatic heterocycles. The molecule has 61 heavy (non-hydrogen) atoms. The molecule has 0 saturated heterocycles. The fourth-order valence-electron chi connectivity index (χ4n) is 8.31. The molecule has 362 valence electrons. The maximum Gasteiger partial charge on any atom is 0.306 e. The molecule has 2 atom stereocenters. The lowest BCUT2D eigenvalue weighted by atomic mass is 9.99. The van der Waals surface area contributed by atoms with Crippen LogP contribution < -0.4 is 0 Å². The Bertz CT molecular complexity index is 933. The monoisotopic (exact) mass is 863 g/mol. The fraction of sp³-hybridized carbons (Fsp3) is 0.945. The summed E-state index contributed by atoms with van der Waals surface area (Å²) in [5.41, 5.74) is 0. The smallest absolute Gasteiger partial charge is 0.306 e. The molecule has 0 amide bonds. The predicted molar refractivity (Wildman–Crippen MR) is 261 cm³/mol. The highest BCUT2D eigenvalue weighted by Crippen LogP contribution is 2.18. The topological polar surface area (TPSA) is 78.9 Å². The van der Waals surface area contributed by atoms with Crippen molar-refractivity contribution in [2.24, 2.45) is 11.8 Å². The van der Waals surface area contributed by atoms with Crippen molar-refractivity contribution in [1.82, 2.24) is 0 Å². The molecule has 0 aromatic heterocycles. The molecule has 0 aliphatic rings. The Morgan fingerprint density at radius 1 is 0.344 bits per heavy atom. The molecule has 0 aliphatic carbocycles. The number of carbonyl (C=O) groups excluding carboxylic acids is 3. The summed E-state index contributed by atoms with van der Waals surface area (Å²) in [6.45, 7) is 11.4. The largest absolute Gasteiger partial charge is 0.462 e. The fourth-order valence-corrected chi connectivity index (χ4v) is 8.31. The maximum absolute atomic E-state index is 12.8. The van der Waals surface area contributed by atoms with E-state index in [1.807, 2.05) is 0 Å². The zero-order valence-corrected chi connectivity index (χ0v) is 41.8. The second-order valence-electron chi connectivity index (χ2n) is 19.6. The van der Waals surface area contributed by atoms with Gasteiger partial charge in [-0.05, 0) is 31.1 Å². The van der Waals surface area contributed by atoms with Gasteiger partial charge in [-0.2, -0.15) is 0 Å². The minimum absolute atomic E-state index is 0.0634. The van der Waals surface area contributed by atoms with Crippen molar-refractivity contribution < 1.29 is 28.6 Å². The van der Waals surface area contributed by atoms with Gasteiger partial charge < -0.3 is 14.2 Å². The summed E-state index contributed by atoms with van der Waals surface area (Å²) in [5, 5.41) is 0. The summed E-state index contributed by atoms with van der Waals surface area (Å²) in [5.74, 6) is 0.876. The first-order chi connectivity index (χ1) is 29.8. The standard InChI is InChI=1S/C55H106O6/c1-6-8-9-10-11-12-25-30-35-40-45-53(56)59-48-52(49-60-54(57)46-41-36-31-26-22-21-24-29-34-39-44-51(5)7-2)61-55(58)47-42-37-32-27-20-18-16-14-13-15-17-19-23-28-33-38-43-50(3)4/h50-52H,6-49H2,1-5H3/t51?,52-/m1/s1. The van der Waals surface area contributed by atoms with Crippen LogP contribution in [0.4, 0.5) is 0 Å². The van der Waals surface area contributed by atoms with Gasteiger partial charge in [0, 0.05) is 19.3 Å². The van der Waals surface area contributed by atoms with Crippen LogP contribution in [0.25, 0.3) is 0 Å². The van der Waals surface area contributed by atoms with Crippen LogP contribution in [0, 0.1) is 11.8 Å². The minimum Gasteiger partial charge on any atom is -0.462 e. The van der Waals surface area contributed by atoms with Crippen LogP contribution in [-0.2, 0) is 28.6 Å². The summed E-state index contributed by atoms with van der Waals surface area (Å²) in [6, 6.07) is 0. The van der Waals surface area contributed by atoms with E-state index in [9.17, 15) is 14.4 Å². The van der Waals surface area contributed by atoms with Crippen LogP contribution >= 0.6 is 0 Å². The molecule has 0 N–H and O–H groups in total. The summed E-state index contributed by atoms with van der Waals surface area (Å²) < 4.78 is 16.8. The number of ether oxygens (including phenoxy) is 3. The van der Waals surface area contributed by atoms with Gasteiger partial charge in [-0.15, -0.1) is 0 Å². The zero-order chi connectivity index (χ0) is 44.7. The molecule has 0 fully saturated rings. The van der Waals surface area contributed by atoms with Gasteiger partial charge in [-0.3, -0.25) is 14.4 Å². The molecule has 0 aromatic carbocycles. The molecule has 0 rings (SSSR count). The van der Waals surface area contributed by atoms with Crippen molar-refractivity contribution in [1.29, 1.82) is 0 Å². The molecule has 0 spiro atoms. The molecule has 6 heteroatoms. The Morgan fingerprint density at radius 2 is 0.623 bits per heavy atom. The Morgan fingerprint density at radius 3 is 0.934 bits per heavy atom. The van der Waals surface area contributed by atoms with E-state index >= 15 is 0 Å². The van der Waals surface area contributed by atoms with Crippen molar-refractivity contribution in [2.75, 3.05) is 13.2 Å². The molecule has 1 unspecified atom stereocenters. The third-order valence-corrected chi connectivity index (χ3v) is 12.8. The Kier molecular flexibility index (Phi) is 46.6. The molecule has 0 radical (unpaired) electrons. The number of rotatable bonds is 49. The summed E-state index contributed by atoms with van der Waals surface area (Å²) in [7, 11) is 0. The van der Waals surface area contributed by atoms with Crippen LogP contribution in [0.5, 0.6) is 0 Å². The average molecular weight is 863 g/mol. The van der Waals surface area contributed by atoms with Gasteiger partial charge in [0.15, 0.2) is 6.10 Å². The number of esters is 3. The van der Waals surface area contributed by atoms with E-state index in [0.29, 0.717) is 19.3 Å². The van der Waals surface area contributed by atoms with Crippen molar-refractivity contribution >= 4 is 17.9 Å². The maximum atomic E-state index is 12.8. The summed E-state index contributed by atoms with van der Waals surface area (Å²) in [6.07, 6.45) is 49.4. The lowest BCUT2D eigenvalue weighted by Gasteiger charge is -2.18. The van der Waals surface area contributed by atoms with Gasteiger partial charge in [0.05, 0.1) is 0 Å². The second kappa shape index (κ2) is 47.9. The number of unbranched alkanes of at least 4 members (excludes halogenated alkanes) is 33. The number of hydrogen-bond acceptors (Lipinski definition) is 6. The van der Waals surface area contributed by atoms with E-state index in [2.05, 4.69) is 34.6 Å². The van der Waals surface area contributed by atoms with Crippen molar-refractivity contribution in [3.05, 3.63) is 0 Å². The van der Waals surface area contributed by atoms with Crippen molar-refractivity contribution in [3.8, 4) is 0 Å². The first-order valence-electron chi connectivity index (χ1n) is 27.3. The zero-order valence-electron chi connectivity index (χ0n) is 41.8. The first kappa shape index (κ1) is 59.4. The Labute approximate surface area is 380 Å². The molecule has 0 bridgehead atoms. The van der Waals surface area contributed by atoms with E-state index in [4.69, 9.17) is 14.2 Å². The quantitative estimate of drug-likeness (QED) is 0.0344. The van der Waals surface area contributed by atoms with Crippen LogP contribution in [0.2, 0.25) is 0 Å². The van der Waals surface area contributed by atoms with Crippen LogP contribution in [-0.4, -0.2) is 37.2 Å². The lowest BCUT2D eigenvalue weighted by Crippen LogP contribution is -2.30. The summed E-state index contributed by atoms with van der Waals surface area (Å²) >= 11 is 0. The van der Waals surface area contributed by atoms with Crippen molar-refractivity contribution in [3.63, 3.8) is 0 Å². The third-order valence-electron chi connectivity index (χ3n) is 12.8. The molecule has 0 aromatic rings. The normalized spacial score (nSPS) is 12.5. The Hall–Kier alpha value is -1.59. The van der Waals surface area contributed by atoms with E-state index in [1.54, 1.807) is 0 Å². The minimum atomic E-state index is -0.761. The van der Waals surface area contributed by atoms with Gasteiger partial charge in [0.25, 0.3) is 0 Å². The Balaban J connectivity index is 4.26. The second-order valence-corrected chi connectivity index (χ2v) is 19.6. The highest BCUT2D eigenvalue weighted by atomic mass is 16.6. The van der Waals surface area contributed by atoms with Gasteiger partial charge in [0.2, 0.25) is 0 Å². The molecular formula is C55H106O6. The molecular weight excluding hydrogens is 757 g/mol. The van der Waals surface area contributed by atoms with Crippen LogP contribution in [0.1, 0.15) is 304 Å². The van der Waals surface area contributed by atoms with Gasteiger partial charge in [-0.25, -0.2) is 0 Å². The van der Waals surface area contributed by atoms with E-state index < -0.39 is 6.10 Å². The lowest BCUT2D eigenvalue weighted by molar-refractivity contribution is -0.167. The predicted octanol–water partition coefficient (Wildman–Crippen LogP) is 17.7. The van der Waals surface area contributed by atoms with Crippen molar-refractivity contribution in [2.45, 2.75) is 310 Å². The van der Waals surface area contributed by atoms with Gasteiger partial charge in [-0.1, -0.05) is 266 Å². The highest BCUT2D eigenvalue weighted by Gasteiger charge is 2.19. The molecule has 6 nitrogen and oxygen atoms in total. The van der Waals surface area contributed by atoms with E-state index in [-0.39, 0.29) is 31.1 Å².